The van der Waals surface area contributed by atoms with Crippen molar-refractivity contribution in [2.24, 2.45) is 0 Å². The molecule has 1 aliphatic heterocycles. The van der Waals surface area contributed by atoms with Crippen molar-refractivity contribution >= 4 is 5.91 Å². The number of likely N-dealkylation sites (N-methyl/N-ethyl adjacent to an activating group) is 2. The number of hydrogen-bond donors (Lipinski definition) is 1. The van der Waals surface area contributed by atoms with Crippen LogP contribution in [0, 0.1) is 0 Å². The minimum atomic E-state index is -0.0903. The molecule has 1 saturated heterocycles. The molecule has 0 aromatic heterocycles. The fourth-order valence-electron chi connectivity index (χ4n) is 1.79. The van der Waals surface area contributed by atoms with Gasteiger partial charge in [-0.2, -0.15) is 0 Å². The van der Waals surface area contributed by atoms with Crippen LogP contribution in [0.5, 0.6) is 0 Å². The molecule has 1 N–H and O–H groups in total. The zero-order valence-electron chi connectivity index (χ0n) is 8.58. The maximum atomic E-state index is 11.5. The van der Waals surface area contributed by atoms with Gasteiger partial charge in [0.05, 0.1) is 0 Å². The summed E-state index contributed by atoms with van der Waals surface area (Å²) in [5, 5.41) is 7.10. The van der Waals surface area contributed by atoms with Gasteiger partial charge >= 0.3 is 0 Å². The van der Waals surface area contributed by atoms with Crippen LogP contribution in [-0.2, 0) is 4.79 Å². The summed E-state index contributed by atoms with van der Waals surface area (Å²) in [7, 11) is 3.66. The number of nitrogens with one attached hydrogen (secondary N) is 1. The van der Waals surface area contributed by atoms with Gasteiger partial charge in [0.2, 0.25) is 5.91 Å². The van der Waals surface area contributed by atoms with E-state index in [1.54, 1.807) is 7.05 Å². The number of carbonyl (C=O) groups is 1. The van der Waals surface area contributed by atoms with E-state index < -0.39 is 0 Å². The first-order valence-electron chi connectivity index (χ1n) is 4.75. The van der Waals surface area contributed by atoms with E-state index in [1.807, 2.05) is 14.0 Å². The molecule has 0 bridgehead atoms. The van der Waals surface area contributed by atoms with Crippen molar-refractivity contribution in [1.29, 1.82) is 0 Å². The normalized spacial score (nSPS) is 31.0. The molecule has 2 unspecified atom stereocenters. The Balaban J connectivity index is 2.68. The molecule has 0 aromatic carbocycles. The third-order valence-corrected chi connectivity index (χ3v) is 2.53. The molecule has 1 heterocycles. The largest absolute Gasteiger partial charge is 0.358 e. The van der Waals surface area contributed by atoms with Gasteiger partial charge in [-0.1, -0.05) is 0 Å². The number of amides is 1. The van der Waals surface area contributed by atoms with Crippen LogP contribution in [0.25, 0.3) is 0 Å². The summed E-state index contributed by atoms with van der Waals surface area (Å²) >= 11 is 0. The lowest BCUT2D eigenvalue weighted by Gasteiger charge is -2.27. The molecule has 4 heteroatoms. The van der Waals surface area contributed by atoms with Crippen LogP contribution in [-0.4, -0.2) is 50.1 Å². The highest BCUT2D eigenvalue weighted by Gasteiger charge is 2.30. The standard InChI is InChI=1S/C9H18N3O/c1-7-8(9(13)10-2)12(3)6-4-5-11-7/h7-8H,4-6H2,1-3H3,(H,10,13). The van der Waals surface area contributed by atoms with Crippen LogP contribution in [0.1, 0.15) is 13.3 Å². The Morgan fingerprint density at radius 3 is 2.92 bits per heavy atom. The lowest BCUT2D eigenvalue weighted by molar-refractivity contribution is -0.126. The van der Waals surface area contributed by atoms with E-state index in [9.17, 15) is 4.79 Å². The van der Waals surface area contributed by atoms with Gasteiger partial charge in [0, 0.05) is 19.6 Å². The third-order valence-electron chi connectivity index (χ3n) is 2.53. The van der Waals surface area contributed by atoms with Crippen LogP contribution in [0.2, 0.25) is 0 Å². The summed E-state index contributed by atoms with van der Waals surface area (Å²) in [6.07, 6.45) is 1.05. The molecule has 1 radical (unpaired) electrons. The Morgan fingerprint density at radius 2 is 2.31 bits per heavy atom. The average Bonchev–Trinajstić information content (AvgIpc) is 2.27. The fraction of sp³-hybridized carbons (Fsp3) is 0.889. The second kappa shape index (κ2) is 4.58. The van der Waals surface area contributed by atoms with Crippen molar-refractivity contribution < 1.29 is 4.79 Å². The summed E-state index contributed by atoms with van der Waals surface area (Å²) in [5.74, 6) is 0.0700. The molecule has 4 nitrogen and oxygen atoms in total. The first-order valence-corrected chi connectivity index (χ1v) is 4.75. The third kappa shape index (κ3) is 2.42. The molecule has 0 aliphatic carbocycles. The zero-order valence-corrected chi connectivity index (χ0v) is 8.58. The summed E-state index contributed by atoms with van der Waals surface area (Å²) in [6.45, 7) is 3.83. The van der Waals surface area contributed by atoms with Crippen LogP contribution in [0.4, 0.5) is 0 Å². The van der Waals surface area contributed by atoms with Crippen molar-refractivity contribution in [3.05, 3.63) is 0 Å². The summed E-state index contributed by atoms with van der Waals surface area (Å²) < 4.78 is 0. The molecular formula is C9H18N3O. The van der Waals surface area contributed by atoms with Crippen molar-refractivity contribution in [2.45, 2.75) is 25.4 Å². The molecular weight excluding hydrogens is 166 g/mol. The Labute approximate surface area is 79.7 Å². The zero-order chi connectivity index (χ0) is 9.84. The SMILES string of the molecule is CNC(=O)C1C(C)[N]CCCN1C. The van der Waals surface area contributed by atoms with Gasteiger partial charge in [-0.15, -0.1) is 0 Å². The van der Waals surface area contributed by atoms with Crippen LogP contribution >= 0.6 is 0 Å². The molecule has 1 aliphatic rings. The van der Waals surface area contributed by atoms with Gasteiger partial charge in [0.15, 0.2) is 0 Å². The van der Waals surface area contributed by atoms with Crippen molar-refractivity contribution in [2.75, 3.05) is 27.2 Å². The van der Waals surface area contributed by atoms with E-state index in [0.29, 0.717) is 0 Å². The second-order valence-corrected chi connectivity index (χ2v) is 3.54. The first kappa shape index (κ1) is 10.5. The van der Waals surface area contributed by atoms with Gasteiger partial charge in [0.25, 0.3) is 0 Å². The maximum Gasteiger partial charge on any atom is 0.238 e. The number of carbonyl (C=O) groups excluding carboxylic acids is 1. The van der Waals surface area contributed by atoms with E-state index in [4.69, 9.17) is 0 Å². The van der Waals surface area contributed by atoms with Gasteiger partial charge < -0.3 is 5.32 Å². The predicted octanol–water partition coefficient (Wildman–Crippen LogP) is -0.571. The van der Waals surface area contributed by atoms with Gasteiger partial charge in [-0.25, -0.2) is 5.32 Å². The molecule has 0 aromatic rings. The predicted molar refractivity (Wildman–Crippen MR) is 51.6 cm³/mol. The minimum Gasteiger partial charge on any atom is -0.358 e. The highest BCUT2D eigenvalue weighted by Crippen LogP contribution is 2.08. The smallest absolute Gasteiger partial charge is 0.238 e. The Morgan fingerprint density at radius 1 is 1.62 bits per heavy atom. The average molecular weight is 184 g/mol. The quantitative estimate of drug-likeness (QED) is 0.593. The summed E-state index contributed by atoms with van der Waals surface area (Å²) in [4.78, 5) is 13.6. The Bertz CT molecular complexity index is 172. The number of hydrogen-bond acceptors (Lipinski definition) is 2. The molecule has 0 saturated carbocycles. The van der Waals surface area contributed by atoms with E-state index in [0.717, 1.165) is 19.5 Å². The molecule has 1 rings (SSSR count). The van der Waals surface area contributed by atoms with Gasteiger partial charge in [0.1, 0.15) is 6.04 Å². The summed E-state index contributed by atoms with van der Waals surface area (Å²) in [5.41, 5.74) is 0. The van der Waals surface area contributed by atoms with Crippen LogP contribution in [0.15, 0.2) is 0 Å². The van der Waals surface area contributed by atoms with Crippen LogP contribution < -0.4 is 10.6 Å². The molecule has 1 fully saturated rings. The van der Waals surface area contributed by atoms with Crippen molar-refractivity contribution in [1.82, 2.24) is 15.5 Å². The van der Waals surface area contributed by atoms with Crippen molar-refractivity contribution in [3.8, 4) is 0 Å². The molecule has 2 atom stereocenters. The van der Waals surface area contributed by atoms with E-state index in [1.165, 1.54) is 0 Å². The Hall–Kier alpha value is -0.610. The Kier molecular flexibility index (Phi) is 3.69. The van der Waals surface area contributed by atoms with E-state index in [-0.39, 0.29) is 18.0 Å². The molecule has 1 amide bonds. The lowest BCUT2D eigenvalue weighted by atomic mass is 10.1. The fourth-order valence-corrected chi connectivity index (χ4v) is 1.79. The highest BCUT2D eigenvalue weighted by atomic mass is 16.2. The lowest BCUT2D eigenvalue weighted by Crippen LogP contribution is -2.51. The molecule has 0 spiro atoms. The first-order chi connectivity index (χ1) is 6.16. The van der Waals surface area contributed by atoms with Gasteiger partial charge in [-0.3, -0.25) is 9.69 Å². The van der Waals surface area contributed by atoms with Crippen molar-refractivity contribution in [3.63, 3.8) is 0 Å². The molecule has 75 valence electrons. The number of nitrogens with zero attached hydrogens (tertiary/aromatic N) is 2. The van der Waals surface area contributed by atoms with E-state index >= 15 is 0 Å². The van der Waals surface area contributed by atoms with Gasteiger partial charge in [-0.05, 0) is 26.9 Å². The topological polar surface area (TPSA) is 46.4 Å². The van der Waals surface area contributed by atoms with Crippen LogP contribution in [0.3, 0.4) is 0 Å². The van der Waals surface area contributed by atoms with E-state index in [2.05, 4.69) is 15.5 Å². The monoisotopic (exact) mass is 184 g/mol. The summed E-state index contributed by atoms with van der Waals surface area (Å²) in [6, 6.07) is 0.0138. The number of rotatable bonds is 1. The maximum absolute atomic E-state index is 11.5. The molecule has 13 heavy (non-hydrogen) atoms. The second-order valence-electron chi connectivity index (χ2n) is 3.54. The minimum absolute atomic E-state index is 0.0700. The highest BCUT2D eigenvalue weighted by molar-refractivity contribution is 5.82.